The Labute approximate surface area is 100 Å². The van der Waals surface area contributed by atoms with Crippen molar-refractivity contribution in [2.45, 2.75) is 25.9 Å². The topological polar surface area (TPSA) is 16.2 Å². The third-order valence-corrected chi connectivity index (χ3v) is 3.35. The summed E-state index contributed by atoms with van der Waals surface area (Å²) >= 11 is 0. The molecule has 96 valence electrons. The number of hydrazine groups is 3. The summed E-state index contributed by atoms with van der Waals surface area (Å²) < 4.78 is 0. The Balaban J connectivity index is 2.88. The molecule has 1 rings (SSSR count). The Morgan fingerprint density at radius 2 is 1.25 bits per heavy atom. The zero-order valence-electron chi connectivity index (χ0n) is 11.8. The predicted octanol–water partition coefficient (Wildman–Crippen LogP) is 0.181. The molecular formula is C11H27N5. The van der Waals surface area contributed by atoms with Crippen LogP contribution in [0.4, 0.5) is 0 Å². The number of hydrogen-bond acceptors (Lipinski definition) is 5. The molecule has 5 heteroatoms. The van der Waals surface area contributed by atoms with Gasteiger partial charge in [-0.25, -0.2) is 15.0 Å². The predicted molar refractivity (Wildman–Crippen MR) is 67.5 cm³/mol. The second-order valence-corrected chi connectivity index (χ2v) is 5.18. The summed E-state index contributed by atoms with van der Waals surface area (Å²) in [6.07, 6.45) is 0. The first-order valence-electron chi connectivity index (χ1n) is 5.96. The van der Waals surface area contributed by atoms with E-state index >= 15 is 0 Å². The molecule has 0 N–H and O–H groups in total. The molecule has 0 aromatic heterocycles. The number of likely N-dealkylation sites (N-methyl/N-ethyl adjacent to an activating group) is 3. The van der Waals surface area contributed by atoms with Gasteiger partial charge in [0.25, 0.3) is 0 Å². The summed E-state index contributed by atoms with van der Waals surface area (Å²) in [5.41, 5.74) is 0. The van der Waals surface area contributed by atoms with Crippen LogP contribution in [-0.2, 0) is 0 Å². The molecule has 2 atom stereocenters. The van der Waals surface area contributed by atoms with E-state index in [0.29, 0.717) is 12.1 Å². The van der Waals surface area contributed by atoms with Gasteiger partial charge in [0, 0.05) is 53.4 Å². The fraction of sp³-hybridized carbons (Fsp3) is 1.00. The van der Waals surface area contributed by atoms with Crippen LogP contribution in [0.1, 0.15) is 13.8 Å². The van der Waals surface area contributed by atoms with Gasteiger partial charge in [-0.2, -0.15) is 0 Å². The number of hydrogen-bond donors (Lipinski definition) is 0. The SMILES string of the molecule is CC1CN(C)CC(C)N(C)N(N(C)C)N1C. The van der Waals surface area contributed by atoms with Crippen molar-refractivity contribution in [2.75, 3.05) is 48.3 Å². The lowest BCUT2D eigenvalue weighted by Gasteiger charge is -2.49. The number of rotatable bonds is 1. The standard InChI is InChI=1S/C11H27N5/c1-10-8-13(5)9-11(2)15(7)16(12(3)4)14(10)6/h10-11H,8-9H2,1-7H3. The van der Waals surface area contributed by atoms with E-state index in [4.69, 9.17) is 0 Å². The van der Waals surface area contributed by atoms with Crippen LogP contribution in [0, 0.1) is 0 Å². The molecule has 0 spiro atoms. The van der Waals surface area contributed by atoms with Crippen LogP contribution in [0.3, 0.4) is 0 Å². The monoisotopic (exact) mass is 229 g/mol. The lowest BCUT2D eigenvalue weighted by Crippen LogP contribution is -2.65. The maximum Gasteiger partial charge on any atom is 0.0369 e. The Hall–Kier alpha value is -0.200. The van der Waals surface area contributed by atoms with Gasteiger partial charge >= 0.3 is 0 Å². The average Bonchev–Trinajstić information content (AvgIpc) is 2.15. The maximum absolute atomic E-state index is 2.40. The summed E-state index contributed by atoms with van der Waals surface area (Å²) in [6.45, 7) is 6.71. The van der Waals surface area contributed by atoms with E-state index in [-0.39, 0.29) is 0 Å². The smallest absolute Gasteiger partial charge is 0.0369 e. The van der Waals surface area contributed by atoms with Crippen LogP contribution < -0.4 is 0 Å². The van der Waals surface area contributed by atoms with Crippen LogP contribution in [0.25, 0.3) is 0 Å². The van der Waals surface area contributed by atoms with Crippen molar-refractivity contribution >= 4 is 0 Å². The summed E-state index contributed by atoms with van der Waals surface area (Å²) in [5.74, 6) is 0. The molecule has 0 aromatic rings. The molecule has 0 aliphatic carbocycles. The van der Waals surface area contributed by atoms with Crippen molar-refractivity contribution in [3.63, 3.8) is 0 Å². The molecule has 1 fully saturated rings. The summed E-state index contributed by atoms with van der Waals surface area (Å²) in [5, 5.41) is 8.90. The van der Waals surface area contributed by atoms with Gasteiger partial charge < -0.3 is 4.90 Å². The van der Waals surface area contributed by atoms with Crippen LogP contribution in [-0.4, -0.2) is 85.6 Å². The van der Waals surface area contributed by atoms with Crippen molar-refractivity contribution < 1.29 is 0 Å². The molecule has 0 bridgehead atoms. The quantitative estimate of drug-likeness (QED) is 0.636. The molecule has 1 aliphatic rings. The fourth-order valence-corrected chi connectivity index (χ4v) is 2.35. The van der Waals surface area contributed by atoms with E-state index in [0.717, 1.165) is 13.1 Å². The first-order valence-corrected chi connectivity index (χ1v) is 5.96. The Bertz CT molecular complexity index is 202. The van der Waals surface area contributed by atoms with E-state index in [2.05, 4.69) is 74.2 Å². The third kappa shape index (κ3) is 2.93. The van der Waals surface area contributed by atoms with Gasteiger partial charge in [-0.05, 0) is 20.9 Å². The Morgan fingerprint density at radius 1 is 0.875 bits per heavy atom. The van der Waals surface area contributed by atoms with E-state index in [9.17, 15) is 0 Å². The van der Waals surface area contributed by atoms with Crippen LogP contribution in [0.15, 0.2) is 0 Å². The van der Waals surface area contributed by atoms with Gasteiger partial charge in [-0.1, -0.05) is 0 Å². The normalized spacial score (nSPS) is 33.0. The second kappa shape index (κ2) is 5.42. The van der Waals surface area contributed by atoms with Gasteiger partial charge in [0.1, 0.15) is 0 Å². The lowest BCUT2D eigenvalue weighted by molar-refractivity contribution is -0.304. The van der Waals surface area contributed by atoms with E-state index < -0.39 is 0 Å². The Kier molecular flexibility index (Phi) is 4.70. The number of nitrogens with zero attached hydrogens (tertiary/aromatic N) is 5. The van der Waals surface area contributed by atoms with Crippen LogP contribution >= 0.6 is 0 Å². The van der Waals surface area contributed by atoms with Gasteiger partial charge in [0.05, 0.1) is 0 Å². The highest BCUT2D eigenvalue weighted by Crippen LogP contribution is 2.14. The summed E-state index contributed by atoms with van der Waals surface area (Å²) in [6, 6.07) is 1.00. The first-order chi connectivity index (χ1) is 7.34. The zero-order valence-corrected chi connectivity index (χ0v) is 11.8. The fourth-order valence-electron chi connectivity index (χ4n) is 2.35. The molecule has 1 aliphatic heterocycles. The van der Waals surface area contributed by atoms with Crippen molar-refractivity contribution in [1.29, 1.82) is 0 Å². The first kappa shape index (κ1) is 13.9. The molecule has 0 saturated carbocycles. The molecule has 0 amide bonds. The maximum atomic E-state index is 2.40. The van der Waals surface area contributed by atoms with Crippen molar-refractivity contribution in [1.82, 2.24) is 25.2 Å². The highest BCUT2D eigenvalue weighted by Gasteiger charge is 2.30. The molecule has 1 saturated heterocycles. The van der Waals surface area contributed by atoms with Gasteiger partial charge in [-0.3, -0.25) is 0 Å². The van der Waals surface area contributed by atoms with Gasteiger partial charge in [-0.15, -0.1) is 5.23 Å². The van der Waals surface area contributed by atoms with Crippen LogP contribution in [0.5, 0.6) is 0 Å². The lowest BCUT2D eigenvalue weighted by atomic mass is 10.2. The van der Waals surface area contributed by atoms with E-state index in [1.54, 1.807) is 0 Å². The van der Waals surface area contributed by atoms with Crippen molar-refractivity contribution in [3.05, 3.63) is 0 Å². The molecule has 5 nitrogen and oxygen atoms in total. The summed E-state index contributed by atoms with van der Waals surface area (Å²) in [7, 11) is 10.6. The third-order valence-electron chi connectivity index (χ3n) is 3.35. The minimum Gasteiger partial charge on any atom is -0.303 e. The van der Waals surface area contributed by atoms with E-state index in [1.165, 1.54) is 0 Å². The van der Waals surface area contributed by atoms with Crippen molar-refractivity contribution in [3.8, 4) is 0 Å². The summed E-state index contributed by atoms with van der Waals surface area (Å²) in [4.78, 5) is 2.40. The van der Waals surface area contributed by atoms with Crippen molar-refractivity contribution in [2.24, 2.45) is 0 Å². The Morgan fingerprint density at radius 3 is 1.56 bits per heavy atom. The second-order valence-electron chi connectivity index (χ2n) is 5.18. The largest absolute Gasteiger partial charge is 0.303 e. The molecule has 0 aromatic carbocycles. The molecule has 2 unspecified atom stereocenters. The molecular weight excluding hydrogens is 202 g/mol. The zero-order chi connectivity index (χ0) is 12.5. The molecule has 1 heterocycles. The molecule has 16 heavy (non-hydrogen) atoms. The minimum absolute atomic E-state index is 0.502. The minimum atomic E-state index is 0.502. The van der Waals surface area contributed by atoms with Crippen LogP contribution in [0.2, 0.25) is 0 Å². The van der Waals surface area contributed by atoms with E-state index in [1.807, 2.05) is 0 Å². The highest BCUT2D eigenvalue weighted by atomic mass is 16.0. The highest BCUT2D eigenvalue weighted by molar-refractivity contribution is 4.73. The van der Waals surface area contributed by atoms with Gasteiger partial charge in [0.15, 0.2) is 0 Å². The average molecular weight is 229 g/mol. The van der Waals surface area contributed by atoms with Gasteiger partial charge in [0.2, 0.25) is 0 Å². The molecule has 0 radical (unpaired) electrons.